The van der Waals surface area contributed by atoms with E-state index >= 15 is 0 Å². The Morgan fingerprint density at radius 2 is 2.08 bits per heavy atom. The molecule has 0 aromatic carbocycles. The molecule has 4 N–H and O–H groups in total. The molecule has 7 nitrogen and oxygen atoms in total. The van der Waals surface area contributed by atoms with E-state index in [1.807, 2.05) is 24.4 Å². The molecule has 2 atom stereocenters. The first-order valence-corrected chi connectivity index (χ1v) is 8.29. The summed E-state index contributed by atoms with van der Waals surface area (Å²) in [5, 5.41) is 17.8. The van der Waals surface area contributed by atoms with E-state index in [9.17, 15) is 9.90 Å². The fourth-order valence-electron chi connectivity index (χ4n) is 3.39. The number of anilines is 1. The zero-order chi connectivity index (χ0) is 17.4. The van der Waals surface area contributed by atoms with E-state index < -0.39 is 12.0 Å². The number of nitrogens with zero attached hydrogens (tertiary/aromatic N) is 3. The van der Waals surface area contributed by atoms with E-state index in [0.29, 0.717) is 11.3 Å². The van der Waals surface area contributed by atoms with E-state index in [4.69, 9.17) is 5.73 Å². The van der Waals surface area contributed by atoms with Crippen molar-refractivity contribution in [3.63, 3.8) is 0 Å². The fraction of sp³-hybridized carbons (Fsp3) is 0.278. The maximum Gasteiger partial charge on any atom is 0.252 e. The highest BCUT2D eigenvalue weighted by atomic mass is 16.3. The van der Waals surface area contributed by atoms with Gasteiger partial charge in [-0.25, -0.2) is 4.52 Å². The molecule has 1 aliphatic rings. The summed E-state index contributed by atoms with van der Waals surface area (Å²) in [6.45, 7) is 0. The lowest BCUT2D eigenvalue weighted by molar-refractivity contribution is 0.1000. The van der Waals surface area contributed by atoms with Crippen molar-refractivity contribution in [1.82, 2.24) is 14.6 Å². The van der Waals surface area contributed by atoms with Crippen LogP contribution in [-0.2, 0) is 0 Å². The summed E-state index contributed by atoms with van der Waals surface area (Å²) < 4.78 is 1.71. The average molecular weight is 337 g/mol. The van der Waals surface area contributed by atoms with Crippen LogP contribution < -0.4 is 11.1 Å². The monoisotopic (exact) mass is 337 g/mol. The molecule has 7 heteroatoms. The van der Waals surface area contributed by atoms with Crippen molar-refractivity contribution in [2.75, 3.05) is 5.32 Å². The minimum atomic E-state index is -0.545. The van der Waals surface area contributed by atoms with Gasteiger partial charge in [0.1, 0.15) is 0 Å². The third-order valence-electron chi connectivity index (χ3n) is 4.73. The van der Waals surface area contributed by atoms with Gasteiger partial charge in [0, 0.05) is 24.2 Å². The molecule has 0 spiro atoms. The second kappa shape index (κ2) is 6.18. The molecular formula is C18H19N5O2. The lowest BCUT2D eigenvalue weighted by atomic mass is 10.1. The molecule has 3 aromatic heterocycles. The molecule has 0 radical (unpaired) electrons. The van der Waals surface area contributed by atoms with E-state index in [1.54, 1.807) is 16.9 Å². The number of pyridine rings is 1. The number of carbonyl (C=O) groups is 1. The fourth-order valence-corrected chi connectivity index (χ4v) is 3.39. The molecule has 1 saturated carbocycles. The maximum atomic E-state index is 11.9. The zero-order valence-corrected chi connectivity index (χ0v) is 13.6. The quantitative estimate of drug-likeness (QED) is 0.673. The number of nitrogens with two attached hydrogens (primary N) is 1. The molecule has 3 heterocycles. The van der Waals surface area contributed by atoms with Gasteiger partial charge in [0.05, 0.1) is 35.1 Å². The summed E-state index contributed by atoms with van der Waals surface area (Å²) in [5.41, 5.74) is 9.20. The summed E-state index contributed by atoms with van der Waals surface area (Å²) in [4.78, 5) is 15.9. The van der Waals surface area contributed by atoms with Gasteiger partial charge in [0.25, 0.3) is 5.91 Å². The van der Waals surface area contributed by atoms with Gasteiger partial charge in [0.15, 0.2) is 0 Å². The van der Waals surface area contributed by atoms with Crippen LogP contribution in [0.4, 0.5) is 5.69 Å². The SMILES string of the molecule is NC(=O)c1cnn2cc(-c3ccncc3)cc2c1N[C@@H]1CCC[C@H]1O. The number of fused-ring (bicyclic) bond motifs is 1. The second-order valence-corrected chi connectivity index (χ2v) is 6.34. The third-order valence-corrected chi connectivity index (χ3v) is 4.73. The molecule has 3 aromatic rings. The van der Waals surface area contributed by atoms with E-state index in [1.165, 1.54) is 6.20 Å². The Morgan fingerprint density at radius 3 is 2.76 bits per heavy atom. The van der Waals surface area contributed by atoms with Crippen molar-refractivity contribution in [1.29, 1.82) is 0 Å². The Balaban J connectivity index is 1.83. The topological polar surface area (TPSA) is 106 Å². The van der Waals surface area contributed by atoms with Crippen molar-refractivity contribution >= 4 is 17.1 Å². The van der Waals surface area contributed by atoms with Crippen LogP contribution in [0.2, 0.25) is 0 Å². The first-order chi connectivity index (χ1) is 12.1. The minimum absolute atomic E-state index is 0.0939. The number of primary amides is 1. The number of aliphatic hydroxyl groups is 1. The minimum Gasteiger partial charge on any atom is -0.391 e. The van der Waals surface area contributed by atoms with Crippen molar-refractivity contribution in [2.45, 2.75) is 31.4 Å². The molecule has 0 unspecified atom stereocenters. The summed E-state index contributed by atoms with van der Waals surface area (Å²) in [6, 6.07) is 5.69. The van der Waals surface area contributed by atoms with Crippen molar-refractivity contribution in [2.24, 2.45) is 5.73 Å². The van der Waals surface area contributed by atoms with Gasteiger partial charge >= 0.3 is 0 Å². The Bertz CT molecular complexity index is 922. The number of amides is 1. The Labute approximate surface area is 144 Å². The predicted octanol–water partition coefficient (Wildman–Crippen LogP) is 1.82. The number of hydrogen-bond acceptors (Lipinski definition) is 5. The highest BCUT2D eigenvalue weighted by Crippen LogP contribution is 2.31. The smallest absolute Gasteiger partial charge is 0.252 e. The molecule has 0 bridgehead atoms. The van der Waals surface area contributed by atoms with E-state index in [2.05, 4.69) is 15.4 Å². The number of carbonyl (C=O) groups excluding carboxylic acids is 1. The summed E-state index contributed by atoms with van der Waals surface area (Å²) in [7, 11) is 0. The lowest BCUT2D eigenvalue weighted by Crippen LogP contribution is -2.29. The van der Waals surface area contributed by atoms with Crippen LogP contribution in [0.1, 0.15) is 29.6 Å². The lowest BCUT2D eigenvalue weighted by Gasteiger charge is -2.20. The van der Waals surface area contributed by atoms with Crippen molar-refractivity contribution in [3.8, 4) is 11.1 Å². The average Bonchev–Trinajstić information content (AvgIpc) is 3.22. The summed E-state index contributed by atoms with van der Waals surface area (Å²) >= 11 is 0. The van der Waals surface area contributed by atoms with Gasteiger partial charge in [-0.2, -0.15) is 5.10 Å². The zero-order valence-electron chi connectivity index (χ0n) is 13.6. The summed E-state index contributed by atoms with van der Waals surface area (Å²) in [6.07, 6.45) is 8.96. The molecule has 1 aliphatic carbocycles. The number of nitrogens with one attached hydrogen (secondary N) is 1. The predicted molar refractivity (Wildman–Crippen MR) is 94.2 cm³/mol. The molecule has 1 amide bonds. The van der Waals surface area contributed by atoms with Crippen molar-refractivity contribution < 1.29 is 9.90 Å². The van der Waals surface area contributed by atoms with Crippen LogP contribution in [0.3, 0.4) is 0 Å². The normalized spacial score (nSPS) is 20.0. The molecule has 0 aliphatic heterocycles. The summed E-state index contributed by atoms with van der Waals surface area (Å²) in [5.74, 6) is -0.545. The largest absolute Gasteiger partial charge is 0.391 e. The third kappa shape index (κ3) is 2.83. The van der Waals surface area contributed by atoms with Gasteiger partial charge in [-0.1, -0.05) is 0 Å². The Kier molecular flexibility index (Phi) is 3.85. The number of aromatic nitrogens is 3. The van der Waals surface area contributed by atoms with E-state index in [-0.39, 0.29) is 6.04 Å². The molecule has 0 saturated heterocycles. The highest BCUT2D eigenvalue weighted by Gasteiger charge is 2.27. The molecular weight excluding hydrogens is 318 g/mol. The molecule has 4 rings (SSSR count). The highest BCUT2D eigenvalue weighted by molar-refractivity contribution is 6.02. The van der Waals surface area contributed by atoms with Crippen LogP contribution >= 0.6 is 0 Å². The van der Waals surface area contributed by atoms with Crippen LogP contribution in [0.25, 0.3) is 16.6 Å². The molecule has 1 fully saturated rings. The van der Waals surface area contributed by atoms with Crippen LogP contribution in [0, 0.1) is 0 Å². The van der Waals surface area contributed by atoms with Gasteiger partial charge in [-0.15, -0.1) is 0 Å². The molecule has 25 heavy (non-hydrogen) atoms. The van der Waals surface area contributed by atoms with Crippen LogP contribution in [0.15, 0.2) is 43.0 Å². The Hall–Kier alpha value is -2.93. The first kappa shape index (κ1) is 15.6. The van der Waals surface area contributed by atoms with Gasteiger partial charge in [0.2, 0.25) is 0 Å². The second-order valence-electron chi connectivity index (χ2n) is 6.34. The number of hydrogen-bond donors (Lipinski definition) is 3. The number of aliphatic hydroxyl groups excluding tert-OH is 1. The standard InChI is InChI=1S/C18H19N5O2/c19-18(25)13-9-21-23-10-12(11-4-6-20-7-5-11)8-15(23)17(13)22-14-2-1-3-16(14)24/h4-10,14,16,22,24H,1-3H2,(H2,19,25)/t14-,16-/m1/s1. The van der Waals surface area contributed by atoms with Crippen molar-refractivity contribution in [3.05, 3.63) is 48.5 Å². The number of rotatable bonds is 4. The van der Waals surface area contributed by atoms with Gasteiger partial charge in [-0.05, 0) is 43.0 Å². The van der Waals surface area contributed by atoms with Crippen LogP contribution in [0.5, 0.6) is 0 Å². The maximum absolute atomic E-state index is 11.9. The van der Waals surface area contributed by atoms with E-state index in [0.717, 1.165) is 35.9 Å². The molecule has 128 valence electrons. The first-order valence-electron chi connectivity index (χ1n) is 8.29. The van der Waals surface area contributed by atoms with Crippen LogP contribution in [-0.4, -0.2) is 37.8 Å². The Morgan fingerprint density at radius 1 is 1.28 bits per heavy atom. The van der Waals surface area contributed by atoms with Gasteiger partial charge in [-0.3, -0.25) is 9.78 Å². The van der Waals surface area contributed by atoms with Gasteiger partial charge < -0.3 is 16.2 Å².